The van der Waals surface area contributed by atoms with E-state index in [0.29, 0.717) is 24.3 Å². The van der Waals surface area contributed by atoms with Gasteiger partial charge in [0.2, 0.25) is 5.91 Å². The van der Waals surface area contributed by atoms with Gasteiger partial charge >= 0.3 is 0 Å². The van der Waals surface area contributed by atoms with Gasteiger partial charge in [-0.2, -0.15) is 0 Å². The number of halogens is 2. The van der Waals surface area contributed by atoms with E-state index in [2.05, 4.69) is 12.2 Å². The van der Waals surface area contributed by atoms with E-state index in [1.54, 1.807) is 0 Å². The molecule has 0 bridgehead atoms. The van der Waals surface area contributed by atoms with Crippen molar-refractivity contribution in [3.05, 3.63) is 35.4 Å². The maximum atomic E-state index is 13.0. The molecule has 2 atom stereocenters. The second-order valence-electron chi connectivity index (χ2n) is 5.43. The molecule has 1 saturated carbocycles. The SMILES string of the molecule is CC1CCC(NC(=O)CCc2ccc(F)c(F)c2)C1. The number of carbonyl (C=O) groups excluding carboxylic acids is 1. The van der Waals surface area contributed by atoms with Gasteiger partial charge in [-0.25, -0.2) is 8.78 Å². The molecule has 1 fully saturated rings. The fourth-order valence-electron chi connectivity index (χ4n) is 2.59. The summed E-state index contributed by atoms with van der Waals surface area (Å²) in [5, 5.41) is 3.00. The lowest BCUT2D eigenvalue weighted by Crippen LogP contribution is -2.33. The van der Waals surface area contributed by atoms with Gasteiger partial charge in [-0.3, -0.25) is 4.79 Å². The van der Waals surface area contributed by atoms with E-state index in [0.717, 1.165) is 31.4 Å². The van der Waals surface area contributed by atoms with E-state index in [9.17, 15) is 13.6 Å². The average molecular weight is 267 g/mol. The van der Waals surface area contributed by atoms with E-state index in [1.807, 2.05) is 0 Å². The number of nitrogens with one attached hydrogen (secondary N) is 1. The number of carbonyl (C=O) groups is 1. The predicted octanol–water partition coefficient (Wildman–Crippen LogP) is 3.20. The number of benzene rings is 1. The van der Waals surface area contributed by atoms with Gasteiger partial charge in [-0.05, 0) is 49.3 Å². The Morgan fingerprint density at radius 2 is 2.11 bits per heavy atom. The summed E-state index contributed by atoms with van der Waals surface area (Å²) in [6.45, 7) is 2.19. The topological polar surface area (TPSA) is 29.1 Å². The normalized spacial score (nSPS) is 22.5. The largest absolute Gasteiger partial charge is 0.353 e. The molecule has 1 aliphatic carbocycles. The summed E-state index contributed by atoms with van der Waals surface area (Å²) in [6.07, 6.45) is 3.99. The molecular formula is C15H19F2NO. The van der Waals surface area contributed by atoms with Gasteiger partial charge < -0.3 is 5.32 Å². The molecule has 4 heteroatoms. The molecule has 2 unspecified atom stereocenters. The number of rotatable bonds is 4. The zero-order chi connectivity index (χ0) is 13.8. The molecule has 1 N–H and O–H groups in total. The molecule has 104 valence electrons. The maximum Gasteiger partial charge on any atom is 0.220 e. The highest BCUT2D eigenvalue weighted by Gasteiger charge is 2.22. The van der Waals surface area contributed by atoms with Crippen molar-refractivity contribution in [2.75, 3.05) is 0 Å². The van der Waals surface area contributed by atoms with Crippen LogP contribution in [0.25, 0.3) is 0 Å². The zero-order valence-corrected chi connectivity index (χ0v) is 11.1. The van der Waals surface area contributed by atoms with Gasteiger partial charge in [0.05, 0.1) is 0 Å². The molecule has 0 saturated heterocycles. The Kier molecular flexibility index (Phi) is 4.51. The van der Waals surface area contributed by atoms with Crippen molar-refractivity contribution in [2.45, 2.75) is 45.1 Å². The number of amides is 1. The Balaban J connectivity index is 1.78. The molecule has 0 aromatic heterocycles. The van der Waals surface area contributed by atoms with Crippen LogP contribution in [0.15, 0.2) is 18.2 Å². The van der Waals surface area contributed by atoms with Gasteiger partial charge in [0, 0.05) is 12.5 Å². The third-order valence-electron chi connectivity index (χ3n) is 3.68. The van der Waals surface area contributed by atoms with Gasteiger partial charge in [0.25, 0.3) is 0 Å². The molecule has 1 aromatic carbocycles. The van der Waals surface area contributed by atoms with E-state index in [4.69, 9.17) is 0 Å². The highest BCUT2D eigenvalue weighted by atomic mass is 19.2. The van der Waals surface area contributed by atoms with Crippen LogP contribution < -0.4 is 5.32 Å². The molecule has 0 heterocycles. The summed E-state index contributed by atoms with van der Waals surface area (Å²) in [4.78, 5) is 11.8. The summed E-state index contributed by atoms with van der Waals surface area (Å²) >= 11 is 0. The molecule has 19 heavy (non-hydrogen) atoms. The molecule has 0 radical (unpaired) electrons. The minimum absolute atomic E-state index is 0.0103. The van der Waals surface area contributed by atoms with Crippen LogP contribution in [0, 0.1) is 17.6 Å². The highest BCUT2D eigenvalue weighted by Crippen LogP contribution is 2.24. The van der Waals surface area contributed by atoms with Crippen LogP contribution in [-0.4, -0.2) is 11.9 Å². The Bertz CT molecular complexity index is 461. The molecule has 0 spiro atoms. The van der Waals surface area contributed by atoms with E-state index < -0.39 is 11.6 Å². The maximum absolute atomic E-state index is 13.0. The monoisotopic (exact) mass is 267 g/mol. The smallest absolute Gasteiger partial charge is 0.220 e. The third kappa shape index (κ3) is 4.01. The Morgan fingerprint density at radius 3 is 2.74 bits per heavy atom. The van der Waals surface area contributed by atoms with Crippen molar-refractivity contribution in [2.24, 2.45) is 5.92 Å². The van der Waals surface area contributed by atoms with Crippen LogP contribution in [0.4, 0.5) is 8.78 Å². The fourth-order valence-corrected chi connectivity index (χ4v) is 2.59. The van der Waals surface area contributed by atoms with Crippen LogP contribution in [0.2, 0.25) is 0 Å². The standard InChI is InChI=1S/C15H19F2NO/c1-10-2-5-12(8-10)18-15(19)7-4-11-3-6-13(16)14(17)9-11/h3,6,9-10,12H,2,4-5,7-8H2,1H3,(H,18,19). The van der Waals surface area contributed by atoms with Crippen LogP contribution in [0.5, 0.6) is 0 Å². The number of aryl methyl sites for hydroxylation is 1. The van der Waals surface area contributed by atoms with E-state index in [-0.39, 0.29) is 11.9 Å². The first-order valence-electron chi connectivity index (χ1n) is 6.78. The summed E-state index contributed by atoms with van der Waals surface area (Å²) < 4.78 is 25.7. The van der Waals surface area contributed by atoms with Crippen molar-refractivity contribution < 1.29 is 13.6 Å². The zero-order valence-electron chi connectivity index (χ0n) is 11.1. The number of hydrogen-bond donors (Lipinski definition) is 1. The van der Waals surface area contributed by atoms with Crippen molar-refractivity contribution in [1.29, 1.82) is 0 Å². The second kappa shape index (κ2) is 6.13. The molecule has 2 rings (SSSR count). The first kappa shape index (κ1) is 14.0. The van der Waals surface area contributed by atoms with Crippen LogP contribution in [0.3, 0.4) is 0 Å². The molecule has 1 aliphatic rings. The van der Waals surface area contributed by atoms with Crippen LogP contribution in [0.1, 0.15) is 38.2 Å². The Morgan fingerprint density at radius 1 is 1.32 bits per heavy atom. The summed E-state index contributed by atoms with van der Waals surface area (Å²) in [7, 11) is 0. The minimum atomic E-state index is -0.859. The van der Waals surface area contributed by atoms with Crippen molar-refractivity contribution in [1.82, 2.24) is 5.32 Å². The molecule has 1 aromatic rings. The van der Waals surface area contributed by atoms with Crippen molar-refractivity contribution in [3.8, 4) is 0 Å². The summed E-state index contributed by atoms with van der Waals surface area (Å²) in [5.41, 5.74) is 0.647. The van der Waals surface area contributed by atoms with Gasteiger partial charge in [-0.1, -0.05) is 13.0 Å². The molecule has 0 aliphatic heterocycles. The highest BCUT2D eigenvalue weighted by molar-refractivity contribution is 5.76. The first-order chi connectivity index (χ1) is 9.04. The number of hydrogen-bond acceptors (Lipinski definition) is 1. The van der Waals surface area contributed by atoms with Gasteiger partial charge in [-0.15, -0.1) is 0 Å². The Labute approximate surface area is 112 Å². The molecule has 1 amide bonds. The fraction of sp³-hybridized carbons (Fsp3) is 0.533. The lowest BCUT2D eigenvalue weighted by Gasteiger charge is -2.12. The van der Waals surface area contributed by atoms with Gasteiger partial charge in [0.15, 0.2) is 11.6 Å². The Hall–Kier alpha value is -1.45. The van der Waals surface area contributed by atoms with Crippen molar-refractivity contribution in [3.63, 3.8) is 0 Å². The summed E-state index contributed by atoms with van der Waals surface area (Å²) in [6, 6.07) is 4.05. The molecular weight excluding hydrogens is 248 g/mol. The molecule has 2 nitrogen and oxygen atoms in total. The first-order valence-corrected chi connectivity index (χ1v) is 6.78. The third-order valence-corrected chi connectivity index (χ3v) is 3.68. The lowest BCUT2D eigenvalue weighted by molar-refractivity contribution is -0.121. The average Bonchev–Trinajstić information content (AvgIpc) is 2.76. The lowest BCUT2D eigenvalue weighted by atomic mass is 10.1. The van der Waals surface area contributed by atoms with Crippen molar-refractivity contribution >= 4 is 5.91 Å². The quantitative estimate of drug-likeness (QED) is 0.891. The van der Waals surface area contributed by atoms with E-state index in [1.165, 1.54) is 6.07 Å². The second-order valence-corrected chi connectivity index (χ2v) is 5.43. The minimum Gasteiger partial charge on any atom is -0.353 e. The van der Waals surface area contributed by atoms with Gasteiger partial charge in [0.1, 0.15) is 0 Å². The van der Waals surface area contributed by atoms with Crippen LogP contribution >= 0.6 is 0 Å². The predicted molar refractivity (Wildman–Crippen MR) is 69.6 cm³/mol. The van der Waals surface area contributed by atoms with Crippen LogP contribution in [-0.2, 0) is 11.2 Å². The summed E-state index contributed by atoms with van der Waals surface area (Å²) in [5.74, 6) is -1.05. The van der Waals surface area contributed by atoms with E-state index >= 15 is 0 Å².